The van der Waals surface area contributed by atoms with Crippen LogP contribution in [0.4, 0.5) is 4.79 Å². The number of ether oxygens (including phenoxy) is 1. The van der Waals surface area contributed by atoms with E-state index in [0.29, 0.717) is 24.8 Å². The summed E-state index contributed by atoms with van der Waals surface area (Å²) >= 11 is 16.7. The molecule has 0 fully saturated rings. The van der Waals surface area contributed by atoms with E-state index in [1.54, 1.807) is 6.08 Å². The molecule has 0 aromatic carbocycles. The molecular weight excluding hydrogens is 312 g/mol. The minimum Gasteiger partial charge on any atom is -0.452 e. The Labute approximate surface area is 126 Å². The average molecular weight is 327 g/mol. The van der Waals surface area contributed by atoms with Crippen molar-refractivity contribution in [2.24, 2.45) is 0 Å². The van der Waals surface area contributed by atoms with Crippen LogP contribution in [0.5, 0.6) is 0 Å². The van der Waals surface area contributed by atoms with Crippen LogP contribution in [0.15, 0.2) is 24.4 Å². The van der Waals surface area contributed by atoms with Gasteiger partial charge in [-0.05, 0) is 19.3 Å². The summed E-state index contributed by atoms with van der Waals surface area (Å²) in [6, 6.07) is -0.100. The molecule has 1 rings (SSSR count). The zero-order valence-electron chi connectivity index (χ0n) is 10.4. The molecule has 106 valence electrons. The SMILES string of the molecule is C=CCC1CCC(C(=O)C(Cl)(Cl)Cl)=CN1C(=O)OC. The van der Waals surface area contributed by atoms with E-state index in [0.717, 1.165) is 0 Å². The van der Waals surface area contributed by atoms with Gasteiger partial charge in [-0.15, -0.1) is 6.58 Å². The highest BCUT2D eigenvalue weighted by atomic mass is 35.6. The van der Waals surface area contributed by atoms with Crippen LogP contribution in [-0.2, 0) is 9.53 Å². The molecule has 0 aromatic rings. The lowest BCUT2D eigenvalue weighted by Gasteiger charge is -2.32. The number of Topliss-reactive ketones (excluding diaryl/α,β-unsaturated/α-hetero) is 1. The molecule has 19 heavy (non-hydrogen) atoms. The predicted molar refractivity (Wildman–Crippen MR) is 75.5 cm³/mol. The quantitative estimate of drug-likeness (QED) is 0.588. The smallest absolute Gasteiger partial charge is 0.413 e. The normalized spacial score (nSPS) is 19.7. The van der Waals surface area contributed by atoms with Gasteiger partial charge in [0, 0.05) is 17.8 Å². The number of methoxy groups -OCH3 is 1. The lowest BCUT2D eigenvalue weighted by Crippen LogP contribution is -2.40. The third-order valence-electron chi connectivity index (χ3n) is 2.81. The van der Waals surface area contributed by atoms with Gasteiger partial charge in [-0.2, -0.15) is 0 Å². The number of ketones is 1. The Morgan fingerprint density at radius 1 is 1.58 bits per heavy atom. The van der Waals surface area contributed by atoms with Crippen molar-refractivity contribution >= 4 is 46.7 Å². The number of alkyl halides is 3. The summed E-state index contributed by atoms with van der Waals surface area (Å²) in [5.41, 5.74) is 0.297. The Balaban J connectivity index is 3.01. The highest BCUT2D eigenvalue weighted by Gasteiger charge is 2.36. The van der Waals surface area contributed by atoms with E-state index in [1.165, 1.54) is 18.2 Å². The third-order valence-corrected chi connectivity index (χ3v) is 3.32. The van der Waals surface area contributed by atoms with Crippen molar-refractivity contribution in [3.05, 3.63) is 24.4 Å². The molecule has 0 saturated heterocycles. The molecule has 0 aromatic heterocycles. The topological polar surface area (TPSA) is 46.6 Å². The number of nitrogens with zero attached hydrogens (tertiary/aromatic N) is 1. The van der Waals surface area contributed by atoms with Gasteiger partial charge in [0.15, 0.2) is 0 Å². The number of amides is 1. The minimum absolute atomic E-state index is 0.100. The highest BCUT2D eigenvalue weighted by Crippen LogP contribution is 2.34. The van der Waals surface area contributed by atoms with Crippen LogP contribution in [-0.4, -0.2) is 33.7 Å². The zero-order chi connectivity index (χ0) is 14.6. The molecule has 1 aliphatic rings. The first-order chi connectivity index (χ1) is 8.81. The first kappa shape index (κ1) is 16.3. The Morgan fingerprint density at radius 3 is 2.68 bits per heavy atom. The van der Waals surface area contributed by atoms with Gasteiger partial charge in [-0.1, -0.05) is 40.9 Å². The Kier molecular flexibility index (Phi) is 5.71. The van der Waals surface area contributed by atoms with Crippen molar-refractivity contribution in [3.63, 3.8) is 0 Å². The van der Waals surface area contributed by atoms with Crippen molar-refractivity contribution in [3.8, 4) is 0 Å². The van der Waals surface area contributed by atoms with Crippen LogP contribution in [0.2, 0.25) is 0 Å². The Morgan fingerprint density at radius 2 is 2.21 bits per heavy atom. The highest BCUT2D eigenvalue weighted by molar-refractivity contribution is 6.77. The van der Waals surface area contributed by atoms with Crippen LogP contribution < -0.4 is 0 Å². The number of hydrogen-bond acceptors (Lipinski definition) is 3. The number of allylic oxidation sites excluding steroid dienone is 1. The van der Waals surface area contributed by atoms with E-state index in [4.69, 9.17) is 34.8 Å². The summed E-state index contributed by atoms with van der Waals surface area (Å²) in [5.74, 6) is -0.622. The molecule has 0 saturated carbocycles. The van der Waals surface area contributed by atoms with Crippen molar-refractivity contribution < 1.29 is 14.3 Å². The summed E-state index contributed by atoms with van der Waals surface area (Å²) in [5, 5.41) is 0. The van der Waals surface area contributed by atoms with Crippen molar-refractivity contribution in [2.45, 2.75) is 29.1 Å². The number of hydrogen-bond donors (Lipinski definition) is 0. The monoisotopic (exact) mass is 325 g/mol. The summed E-state index contributed by atoms with van der Waals surface area (Å²) in [7, 11) is 1.27. The molecule has 1 unspecified atom stereocenters. The van der Waals surface area contributed by atoms with Crippen molar-refractivity contribution in [1.29, 1.82) is 0 Å². The second-order valence-corrected chi connectivity index (χ2v) is 6.36. The van der Waals surface area contributed by atoms with Crippen LogP contribution in [0, 0.1) is 0 Å². The maximum atomic E-state index is 11.9. The number of halogens is 3. The molecule has 4 nitrogen and oxygen atoms in total. The lowest BCUT2D eigenvalue weighted by atomic mass is 9.96. The lowest BCUT2D eigenvalue weighted by molar-refractivity contribution is -0.115. The van der Waals surface area contributed by atoms with Crippen molar-refractivity contribution in [2.75, 3.05) is 7.11 Å². The van der Waals surface area contributed by atoms with Gasteiger partial charge >= 0.3 is 6.09 Å². The standard InChI is InChI=1S/C12H14Cl3NO3/c1-3-4-9-6-5-8(10(17)12(13,14)15)7-16(9)11(18)19-2/h3,7,9H,1,4-6H2,2H3. The largest absolute Gasteiger partial charge is 0.452 e. The predicted octanol–water partition coefficient (Wildman–Crippen LogP) is 3.62. The van der Waals surface area contributed by atoms with E-state index >= 15 is 0 Å². The molecule has 1 aliphatic heterocycles. The van der Waals surface area contributed by atoms with Gasteiger partial charge in [0.25, 0.3) is 3.79 Å². The van der Waals surface area contributed by atoms with E-state index in [-0.39, 0.29) is 6.04 Å². The van der Waals surface area contributed by atoms with Gasteiger partial charge in [-0.3, -0.25) is 9.69 Å². The fourth-order valence-electron chi connectivity index (χ4n) is 1.88. The Hall–Kier alpha value is -0.710. The van der Waals surface area contributed by atoms with Crippen LogP contribution in [0.1, 0.15) is 19.3 Å². The summed E-state index contributed by atoms with van der Waals surface area (Å²) < 4.78 is 2.66. The number of carbonyl (C=O) groups excluding carboxylic acids is 2. The minimum atomic E-state index is -2.01. The molecule has 1 atom stereocenters. The van der Waals surface area contributed by atoms with Gasteiger partial charge < -0.3 is 4.74 Å². The second-order valence-electron chi connectivity index (χ2n) is 4.08. The summed E-state index contributed by atoms with van der Waals surface area (Å²) in [6.45, 7) is 3.64. The van der Waals surface area contributed by atoms with Gasteiger partial charge in [-0.25, -0.2) is 4.79 Å². The summed E-state index contributed by atoms with van der Waals surface area (Å²) in [6.07, 6.45) is 4.17. The fourth-order valence-corrected chi connectivity index (χ4v) is 2.25. The molecular formula is C12H14Cl3NO3. The van der Waals surface area contributed by atoms with E-state index in [1.807, 2.05) is 0 Å². The maximum absolute atomic E-state index is 11.9. The number of carbonyl (C=O) groups is 2. The third kappa shape index (κ3) is 4.13. The first-order valence-corrected chi connectivity index (χ1v) is 6.74. The van der Waals surface area contributed by atoms with Crippen LogP contribution in [0.3, 0.4) is 0 Å². The Bertz CT molecular complexity index is 415. The van der Waals surface area contributed by atoms with Gasteiger partial charge in [0.05, 0.1) is 7.11 Å². The van der Waals surface area contributed by atoms with E-state index in [9.17, 15) is 9.59 Å². The van der Waals surface area contributed by atoms with E-state index in [2.05, 4.69) is 11.3 Å². The fraction of sp³-hybridized carbons (Fsp3) is 0.500. The molecule has 0 N–H and O–H groups in total. The van der Waals surface area contributed by atoms with Crippen LogP contribution in [0.25, 0.3) is 0 Å². The first-order valence-electron chi connectivity index (χ1n) is 5.60. The maximum Gasteiger partial charge on any atom is 0.413 e. The van der Waals surface area contributed by atoms with E-state index < -0.39 is 15.7 Å². The molecule has 0 radical (unpaired) electrons. The molecule has 1 amide bonds. The summed E-state index contributed by atoms with van der Waals surface area (Å²) in [4.78, 5) is 24.9. The van der Waals surface area contributed by atoms with Crippen LogP contribution >= 0.6 is 34.8 Å². The van der Waals surface area contributed by atoms with Gasteiger partial charge in [0.2, 0.25) is 5.78 Å². The molecule has 7 heteroatoms. The average Bonchev–Trinajstić information content (AvgIpc) is 2.36. The molecule has 0 aliphatic carbocycles. The number of rotatable bonds is 3. The second kappa shape index (κ2) is 6.64. The van der Waals surface area contributed by atoms with Gasteiger partial charge in [0.1, 0.15) is 0 Å². The molecule has 0 bridgehead atoms. The molecule has 1 heterocycles. The zero-order valence-corrected chi connectivity index (χ0v) is 12.6. The van der Waals surface area contributed by atoms with Crippen molar-refractivity contribution in [1.82, 2.24) is 4.90 Å². The molecule has 0 spiro atoms.